The van der Waals surface area contributed by atoms with Crippen LogP contribution in [0.25, 0.3) is 0 Å². The lowest BCUT2D eigenvalue weighted by Crippen LogP contribution is -2.13. The molecule has 1 aromatic rings. The number of thiophene rings is 1. The monoisotopic (exact) mass is 280 g/mol. The van der Waals surface area contributed by atoms with Crippen LogP contribution in [0.15, 0.2) is 15.9 Å². The molecule has 1 N–H and O–H groups in total. The molecule has 1 atom stereocenters. The van der Waals surface area contributed by atoms with Gasteiger partial charge in [-0.25, -0.2) is 0 Å². The fraction of sp³-hybridized carbons (Fsp3) is 0.556. The Morgan fingerprint density at radius 3 is 3.00 bits per heavy atom. The van der Waals surface area contributed by atoms with E-state index in [9.17, 15) is 5.11 Å². The van der Waals surface area contributed by atoms with Gasteiger partial charge in [0.1, 0.15) is 0 Å². The third-order valence-corrected chi connectivity index (χ3v) is 4.60. The number of hydrogen-bond donors (Lipinski definition) is 1. The summed E-state index contributed by atoms with van der Waals surface area (Å²) in [5.74, 6) is 1.91. The lowest BCUT2D eigenvalue weighted by molar-refractivity contribution is 0.201. The summed E-state index contributed by atoms with van der Waals surface area (Å²) in [6.07, 6.45) is 0.561. The number of aliphatic hydroxyl groups is 1. The van der Waals surface area contributed by atoms with E-state index < -0.39 is 0 Å². The highest BCUT2D eigenvalue weighted by Gasteiger charge is 2.08. The van der Waals surface area contributed by atoms with Gasteiger partial charge in [-0.05, 0) is 33.1 Å². The van der Waals surface area contributed by atoms with Crippen molar-refractivity contribution in [2.75, 3.05) is 11.5 Å². The molecular weight excluding hydrogens is 268 g/mol. The zero-order valence-electron chi connectivity index (χ0n) is 7.50. The van der Waals surface area contributed by atoms with Gasteiger partial charge in [0.05, 0.1) is 6.10 Å². The number of rotatable bonds is 5. The van der Waals surface area contributed by atoms with Gasteiger partial charge in [0, 0.05) is 21.5 Å². The number of aliphatic hydroxyl groups excluding tert-OH is 1. The molecule has 1 nitrogen and oxygen atoms in total. The third kappa shape index (κ3) is 4.02. The minimum absolute atomic E-state index is 0.208. The zero-order valence-corrected chi connectivity index (χ0v) is 10.7. The second-order valence-corrected chi connectivity index (χ2v) is 5.88. The molecule has 0 amide bonds. The second kappa shape index (κ2) is 6.06. The summed E-state index contributed by atoms with van der Waals surface area (Å²) in [6, 6.07) is 2.03. The van der Waals surface area contributed by atoms with Crippen LogP contribution in [0.5, 0.6) is 0 Å². The summed E-state index contributed by atoms with van der Waals surface area (Å²) < 4.78 is 1.12. The first-order chi connectivity index (χ1) is 6.24. The summed E-state index contributed by atoms with van der Waals surface area (Å²) in [5, 5.41) is 11.7. The largest absolute Gasteiger partial charge is 0.392 e. The summed E-state index contributed by atoms with van der Waals surface area (Å²) >= 11 is 6.93. The smallest absolute Gasteiger partial charge is 0.0679 e. The van der Waals surface area contributed by atoms with Crippen molar-refractivity contribution in [2.45, 2.75) is 19.4 Å². The Bertz CT molecular complexity index is 250. The highest BCUT2D eigenvalue weighted by Crippen LogP contribution is 2.24. The number of halogens is 1. The molecule has 0 bridgehead atoms. The molecule has 4 heteroatoms. The van der Waals surface area contributed by atoms with Crippen LogP contribution in [-0.4, -0.2) is 22.7 Å². The Labute approximate surface area is 95.7 Å². The maximum Gasteiger partial charge on any atom is 0.0679 e. The van der Waals surface area contributed by atoms with Gasteiger partial charge >= 0.3 is 0 Å². The van der Waals surface area contributed by atoms with E-state index >= 15 is 0 Å². The molecule has 1 unspecified atom stereocenters. The second-order valence-electron chi connectivity index (χ2n) is 2.71. The van der Waals surface area contributed by atoms with Crippen LogP contribution < -0.4 is 0 Å². The van der Waals surface area contributed by atoms with Crippen molar-refractivity contribution >= 4 is 39.0 Å². The van der Waals surface area contributed by atoms with E-state index in [-0.39, 0.29) is 6.10 Å². The first-order valence-corrected chi connectivity index (χ1v) is 7.04. The molecule has 0 fully saturated rings. The van der Waals surface area contributed by atoms with Gasteiger partial charge in [-0.2, -0.15) is 11.8 Å². The molecule has 1 heterocycles. The van der Waals surface area contributed by atoms with E-state index in [4.69, 9.17) is 0 Å². The average Bonchev–Trinajstić information content (AvgIpc) is 2.48. The van der Waals surface area contributed by atoms with Crippen LogP contribution >= 0.6 is 39.0 Å². The van der Waals surface area contributed by atoms with Gasteiger partial charge in [-0.15, -0.1) is 11.3 Å². The number of thioether (sulfide) groups is 1. The van der Waals surface area contributed by atoms with Crippen LogP contribution in [0.4, 0.5) is 0 Å². The van der Waals surface area contributed by atoms with Crippen molar-refractivity contribution in [1.29, 1.82) is 0 Å². The fourth-order valence-corrected chi connectivity index (χ4v) is 3.21. The summed E-state index contributed by atoms with van der Waals surface area (Å²) in [6.45, 7) is 2.11. The molecule has 0 aromatic carbocycles. The van der Waals surface area contributed by atoms with Gasteiger partial charge in [0.25, 0.3) is 0 Å². The van der Waals surface area contributed by atoms with E-state index in [0.29, 0.717) is 0 Å². The van der Waals surface area contributed by atoms with E-state index in [0.717, 1.165) is 22.4 Å². The topological polar surface area (TPSA) is 20.2 Å². The molecule has 1 rings (SSSR count). The van der Waals surface area contributed by atoms with E-state index in [2.05, 4.69) is 22.9 Å². The zero-order chi connectivity index (χ0) is 9.68. The van der Waals surface area contributed by atoms with E-state index in [1.165, 1.54) is 4.88 Å². The third-order valence-electron chi connectivity index (χ3n) is 1.63. The molecular formula is C9H13BrOS2. The molecule has 0 spiro atoms. The Kier molecular flexibility index (Phi) is 5.39. The van der Waals surface area contributed by atoms with Crippen molar-refractivity contribution in [2.24, 2.45) is 0 Å². The minimum Gasteiger partial charge on any atom is -0.392 e. The van der Waals surface area contributed by atoms with Crippen molar-refractivity contribution in [3.63, 3.8) is 0 Å². The highest BCUT2D eigenvalue weighted by atomic mass is 79.9. The normalized spacial score (nSPS) is 13.2. The quantitative estimate of drug-likeness (QED) is 0.894. The number of hydrogen-bond acceptors (Lipinski definition) is 3. The molecule has 1 aromatic heterocycles. The molecule has 0 aliphatic carbocycles. The van der Waals surface area contributed by atoms with Gasteiger partial charge < -0.3 is 5.11 Å². The first-order valence-electron chi connectivity index (χ1n) is 4.21. The average molecular weight is 281 g/mol. The van der Waals surface area contributed by atoms with Crippen LogP contribution in [-0.2, 0) is 6.42 Å². The lowest BCUT2D eigenvalue weighted by Gasteiger charge is -2.08. The van der Waals surface area contributed by atoms with Crippen LogP contribution in [0.2, 0.25) is 0 Å². The molecule has 0 aliphatic rings. The maximum atomic E-state index is 9.64. The maximum absolute atomic E-state index is 9.64. The minimum atomic E-state index is -0.208. The molecule has 74 valence electrons. The standard InChI is InChI=1S/C9H13BrOS2/c1-2-12-6-7(11)5-9-8(10)3-4-13-9/h3-4,7,11H,2,5-6H2,1H3. The van der Waals surface area contributed by atoms with Crippen molar-refractivity contribution in [3.8, 4) is 0 Å². The van der Waals surface area contributed by atoms with Gasteiger partial charge in [-0.1, -0.05) is 6.92 Å². The van der Waals surface area contributed by atoms with Crippen molar-refractivity contribution in [1.82, 2.24) is 0 Å². The van der Waals surface area contributed by atoms with Crippen LogP contribution in [0, 0.1) is 0 Å². The molecule has 0 saturated heterocycles. The predicted octanol–water partition coefficient (Wildman–Crippen LogP) is 3.17. The Balaban J connectivity index is 2.36. The fourth-order valence-electron chi connectivity index (χ4n) is 0.998. The summed E-state index contributed by atoms with van der Waals surface area (Å²) in [5.41, 5.74) is 0. The van der Waals surface area contributed by atoms with Crippen molar-refractivity contribution in [3.05, 3.63) is 20.8 Å². The van der Waals surface area contributed by atoms with Crippen LogP contribution in [0.1, 0.15) is 11.8 Å². The molecule has 0 radical (unpaired) electrons. The molecule has 13 heavy (non-hydrogen) atoms. The van der Waals surface area contributed by atoms with E-state index in [1.54, 1.807) is 23.1 Å². The van der Waals surface area contributed by atoms with Crippen molar-refractivity contribution < 1.29 is 5.11 Å². The summed E-state index contributed by atoms with van der Waals surface area (Å²) in [4.78, 5) is 1.24. The SMILES string of the molecule is CCSCC(O)Cc1sccc1Br. The van der Waals surface area contributed by atoms with Crippen LogP contribution in [0.3, 0.4) is 0 Å². The van der Waals surface area contributed by atoms with E-state index in [1.807, 2.05) is 11.4 Å². The molecule has 0 saturated carbocycles. The highest BCUT2D eigenvalue weighted by molar-refractivity contribution is 9.10. The lowest BCUT2D eigenvalue weighted by atomic mass is 10.2. The predicted molar refractivity (Wildman–Crippen MR) is 64.7 cm³/mol. The van der Waals surface area contributed by atoms with Gasteiger partial charge in [-0.3, -0.25) is 0 Å². The Morgan fingerprint density at radius 1 is 1.69 bits per heavy atom. The van der Waals surface area contributed by atoms with Gasteiger partial charge in [0.2, 0.25) is 0 Å². The Hall–Kier alpha value is 0.490. The van der Waals surface area contributed by atoms with Gasteiger partial charge in [0.15, 0.2) is 0 Å². The molecule has 0 aliphatic heterocycles. The Morgan fingerprint density at radius 2 is 2.46 bits per heavy atom. The first kappa shape index (κ1) is 11.6. The summed E-state index contributed by atoms with van der Waals surface area (Å²) in [7, 11) is 0.